The molecule has 3 nitrogen and oxygen atoms in total. The highest BCUT2D eigenvalue weighted by Gasteiger charge is 2.14. The molecule has 0 saturated carbocycles. The summed E-state index contributed by atoms with van der Waals surface area (Å²) in [4.78, 5) is 24.4. The second kappa shape index (κ2) is 6.14. The Kier molecular flexibility index (Phi) is 4.20. The van der Waals surface area contributed by atoms with Gasteiger partial charge in [-0.3, -0.25) is 9.59 Å². The Hall–Kier alpha value is -2.17. The summed E-state index contributed by atoms with van der Waals surface area (Å²) in [5, 5.41) is 1.43. The van der Waals surface area contributed by atoms with Crippen molar-refractivity contribution >= 4 is 48.9 Å². The number of halogens is 1. The van der Waals surface area contributed by atoms with Crippen molar-refractivity contribution in [1.29, 1.82) is 0 Å². The molecule has 0 unspecified atom stereocenters. The molecule has 0 spiro atoms. The second-order valence-corrected chi connectivity index (χ2v) is 6.63. The predicted octanol–water partition coefficient (Wildman–Crippen LogP) is 4.59. The monoisotopic (exact) mass is 344 g/mol. The Bertz CT molecular complexity index is 1000. The minimum Gasteiger partial charge on any atom is -0.484 e. The number of ether oxygens (including phenoxy) is 1. The zero-order valence-corrected chi connectivity index (χ0v) is 14.0. The molecule has 2 aromatic carbocycles. The summed E-state index contributed by atoms with van der Waals surface area (Å²) >= 11 is 7.64. The van der Waals surface area contributed by atoms with Gasteiger partial charge in [-0.2, -0.15) is 0 Å². The van der Waals surface area contributed by atoms with E-state index in [2.05, 4.69) is 6.58 Å². The third-order valence-electron chi connectivity index (χ3n) is 3.48. The van der Waals surface area contributed by atoms with Gasteiger partial charge in [0.25, 0.3) is 0 Å². The number of carbonyl (C=O) groups is 1. The van der Waals surface area contributed by atoms with Crippen LogP contribution in [0.1, 0.15) is 6.92 Å². The molecule has 0 aliphatic rings. The van der Waals surface area contributed by atoms with Crippen LogP contribution in [-0.2, 0) is 4.79 Å². The summed E-state index contributed by atoms with van der Waals surface area (Å²) in [5.41, 5.74) is 0.304. The first-order valence-electron chi connectivity index (χ1n) is 6.94. The number of hydrogen-bond donors (Lipinski definition) is 0. The first-order chi connectivity index (χ1) is 11.0. The molecular formula is C18H13ClO3S. The van der Waals surface area contributed by atoms with Crippen molar-refractivity contribution in [1.82, 2.24) is 0 Å². The smallest absolute Gasteiger partial charge is 0.197 e. The summed E-state index contributed by atoms with van der Waals surface area (Å²) in [5.74, 6) is 0.299. The maximum atomic E-state index is 12.7. The van der Waals surface area contributed by atoms with Crippen molar-refractivity contribution in [2.24, 2.45) is 0 Å². The summed E-state index contributed by atoms with van der Waals surface area (Å²) in [6.45, 7) is 5.13. The molecule has 0 bridgehead atoms. The number of Topliss-reactive ketones (excluding diaryl/α,β-unsaturated/α-hetero) is 1. The fraction of sp³-hybridized carbons (Fsp3) is 0.111. The van der Waals surface area contributed by atoms with Crippen LogP contribution in [0.4, 0.5) is 0 Å². The number of ketones is 1. The van der Waals surface area contributed by atoms with E-state index >= 15 is 0 Å². The van der Waals surface area contributed by atoms with Crippen LogP contribution in [-0.4, -0.2) is 12.4 Å². The minimum absolute atomic E-state index is 0.111. The highest BCUT2D eigenvalue weighted by atomic mass is 35.5. The number of benzene rings is 2. The Labute approximate surface area is 141 Å². The molecular weight excluding hydrogens is 332 g/mol. The van der Waals surface area contributed by atoms with Crippen LogP contribution in [0.2, 0.25) is 5.02 Å². The molecule has 0 amide bonds. The molecule has 1 heterocycles. The highest BCUT2D eigenvalue weighted by molar-refractivity contribution is 7.25. The number of carbonyl (C=O) groups excluding carboxylic acids is 1. The lowest BCUT2D eigenvalue weighted by Gasteiger charge is -2.10. The second-order valence-electron chi connectivity index (χ2n) is 5.17. The zero-order valence-electron chi connectivity index (χ0n) is 12.4. The molecule has 0 saturated heterocycles. The molecule has 23 heavy (non-hydrogen) atoms. The minimum atomic E-state index is -0.179. The zero-order chi connectivity index (χ0) is 16.6. The van der Waals surface area contributed by atoms with E-state index in [0.29, 0.717) is 31.8 Å². The van der Waals surface area contributed by atoms with E-state index in [1.54, 1.807) is 25.1 Å². The first kappa shape index (κ1) is 15.7. The Morgan fingerprint density at radius 3 is 2.74 bits per heavy atom. The summed E-state index contributed by atoms with van der Waals surface area (Å²) in [6, 6.07) is 10.7. The van der Waals surface area contributed by atoms with Gasteiger partial charge >= 0.3 is 0 Å². The van der Waals surface area contributed by atoms with Crippen LogP contribution in [0.15, 0.2) is 53.3 Å². The van der Waals surface area contributed by atoms with Gasteiger partial charge in [-0.25, -0.2) is 0 Å². The van der Waals surface area contributed by atoms with Gasteiger partial charge in [0.15, 0.2) is 17.8 Å². The summed E-state index contributed by atoms with van der Waals surface area (Å²) < 4.78 is 7.10. The van der Waals surface area contributed by atoms with Gasteiger partial charge in [-0.15, -0.1) is 11.3 Å². The molecule has 0 fully saturated rings. The van der Waals surface area contributed by atoms with Gasteiger partial charge < -0.3 is 4.74 Å². The molecule has 0 aliphatic carbocycles. The molecule has 3 rings (SSSR count). The first-order valence-corrected chi connectivity index (χ1v) is 8.14. The lowest BCUT2D eigenvalue weighted by molar-refractivity contribution is -0.117. The lowest BCUT2D eigenvalue weighted by Crippen LogP contribution is -2.12. The van der Waals surface area contributed by atoms with Crippen LogP contribution in [0.5, 0.6) is 5.75 Å². The van der Waals surface area contributed by atoms with Crippen LogP contribution in [0.25, 0.3) is 20.2 Å². The number of hydrogen-bond acceptors (Lipinski definition) is 4. The van der Waals surface area contributed by atoms with E-state index in [0.717, 1.165) is 4.70 Å². The van der Waals surface area contributed by atoms with Crippen LogP contribution in [0, 0.1) is 0 Å². The molecule has 5 heteroatoms. The summed E-state index contributed by atoms with van der Waals surface area (Å²) in [6.07, 6.45) is 0. The van der Waals surface area contributed by atoms with Gasteiger partial charge in [0.1, 0.15) is 5.75 Å². The average molecular weight is 345 g/mol. The number of fused-ring (bicyclic) bond motifs is 2. The van der Waals surface area contributed by atoms with E-state index < -0.39 is 0 Å². The lowest BCUT2D eigenvalue weighted by atomic mass is 10.2. The highest BCUT2D eigenvalue weighted by Crippen LogP contribution is 2.35. The molecule has 0 radical (unpaired) electrons. The topological polar surface area (TPSA) is 43.4 Å². The van der Waals surface area contributed by atoms with Gasteiger partial charge in [-0.05, 0) is 36.8 Å². The van der Waals surface area contributed by atoms with E-state index in [4.69, 9.17) is 16.3 Å². The summed E-state index contributed by atoms with van der Waals surface area (Å²) in [7, 11) is 0. The van der Waals surface area contributed by atoms with Crippen molar-refractivity contribution in [2.75, 3.05) is 6.61 Å². The normalized spacial score (nSPS) is 10.9. The van der Waals surface area contributed by atoms with Gasteiger partial charge in [0, 0.05) is 10.1 Å². The quantitative estimate of drug-likeness (QED) is 0.513. The van der Waals surface area contributed by atoms with Crippen molar-refractivity contribution in [2.45, 2.75) is 6.92 Å². The van der Waals surface area contributed by atoms with Gasteiger partial charge in [-0.1, -0.05) is 30.3 Å². The molecule has 3 aromatic rings. The average Bonchev–Trinajstić information content (AvgIpc) is 2.54. The van der Waals surface area contributed by atoms with E-state index in [-0.39, 0.29) is 17.8 Å². The largest absolute Gasteiger partial charge is 0.484 e. The molecule has 0 atom stereocenters. The van der Waals surface area contributed by atoms with Crippen LogP contribution >= 0.6 is 22.9 Å². The van der Waals surface area contributed by atoms with E-state index in [1.165, 1.54) is 11.3 Å². The predicted molar refractivity (Wildman–Crippen MR) is 95.9 cm³/mol. The third kappa shape index (κ3) is 2.87. The van der Waals surface area contributed by atoms with Crippen LogP contribution < -0.4 is 10.2 Å². The van der Waals surface area contributed by atoms with E-state index in [1.807, 2.05) is 18.2 Å². The maximum absolute atomic E-state index is 12.7. The standard InChI is InChI=1S/C18H13ClO3S/c1-10(2)13(20)9-22-14-8-7-12(19)16-17(21)11-5-3-4-6-15(11)23-18(14)16/h3-8H,1,9H2,2H3. The fourth-order valence-electron chi connectivity index (χ4n) is 2.22. The van der Waals surface area contributed by atoms with Crippen molar-refractivity contribution in [3.05, 3.63) is 63.8 Å². The SMILES string of the molecule is C=C(C)C(=O)COc1ccc(Cl)c2c(=O)c3ccccc3sc12. The van der Waals surface area contributed by atoms with E-state index in [9.17, 15) is 9.59 Å². The van der Waals surface area contributed by atoms with Crippen molar-refractivity contribution < 1.29 is 9.53 Å². The molecule has 1 aromatic heterocycles. The molecule has 0 N–H and O–H groups in total. The van der Waals surface area contributed by atoms with Crippen molar-refractivity contribution in [3.63, 3.8) is 0 Å². The Balaban J connectivity index is 2.20. The molecule has 0 aliphatic heterocycles. The van der Waals surface area contributed by atoms with Gasteiger partial charge in [0.2, 0.25) is 0 Å². The third-order valence-corrected chi connectivity index (χ3v) is 4.98. The van der Waals surface area contributed by atoms with Crippen LogP contribution in [0.3, 0.4) is 0 Å². The maximum Gasteiger partial charge on any atom is 0.197 e. The Morgan fingerprint density at radius 2 is 2.00 bits per heavy atom. The van der Waals surface area contributed by atoms with Gasteiger partial charge in [0.05, 0.1) is 15.1 Å². The van der Waals surface area contributed by atoms with Crippen molar-refractivity contribution in [3.8, 4) is 5.75 Å². The number of rotatable bonds is 4. The Morgan fingerprint density at radius 1 is 1.26 bits per heavy atom. The fourth-order valence-corrected chi connectivity index (χ4v) is 3.69. The molecule has 116 valence electrons.